The van der Waals surface area contributed by atoms with Crippen LogP contribution in [-0.2, 0) is 16.6 Å². The molecule has 0 bridgehead atoms. The smallest absolute Gasteiger partial charge is 0.257 e. The predicted octanol–water partition coefficient (Wildman–Crippen LogP) is -0.232. The SMILES string of the molecule is CN(C)CC(C)(C)CNS(=O)(=O)c1[nH]ncc1CO. The average Bonchev–Trinajstić information content (AvgIpc) is 2.74. The van der Waals surface area contributed by atoms with Gasteiger partial charge in [-0.15, -0.1) is 0 Å². The zero-order valence-electron chi connectivity index (χ0n) is 11.8. The Labute approximate surface area is 114 Å². The molecule has 7 nitrogen and oxygen atoms in total. The van der Waals surface area contributed by atoms with E-state index in [9.17, 15) is 8.42 Å². The molecule has 0 aliphatic heterocycles. The Kier molecular flexibility index (Phi) is 5.08. The summed E-state index contributed by atoms with van der Waals surface area (Å²) in [5.41, 5.74) is 0.0635. The van der Waals surface area contributed by atoms with E-state index in [1.807, 2.05) is 32.8 Å². The fraction of sp³-hybridized carbons (Fsp3) is 0.727. The molecule has 0 aliphatic rings. The van der Waals surface area contributed by atoms with Crippen molar-refractivity contribution in [3.05, 3.63) is 11.8 Å². The number of aliphatic hydroxyl groups excluding tert-OH is 1. The zero-order valence-corrected chi connectivity index (χ0v) is 12.6. The summed E-state index contributed by atoms with van der Waals surface area (Å²) in [5.74, 6) is 0. The highest BCUT2D eigenvalue weighted by atomic mass is 32.2. The molecule has 0 atom stereocenters. The largest absolute Gasteiger partial charge is 0.392 e. The van der Waals surface area contributed by atoms with Crippen LogP contribution in [0, 0.1) is 5.41 Å². The number of aromatic nitrogens is 2. The molecule has 0 aliphatic carbocycles. The normalized spacial score (nSPS) is 13.2. The van der Waals surface area contributed by atoms with Gasteiger partial charge < -0.3 is 10.0 Å². The third kappa shape index (κ3) is 4.57. The van der Waals surface area contributed by atoms with Crippen molar-refractivity contribution in [1.29, 1.82) is 0 Å². The van der Waals surface area contributed by atoms with Crippen molar-refractivity contribution in [2.45, 2.75) is 25.5 Å². The van der Waals surface area contributed by atoms with Crippen LogP contribution in [0.25, 0.3) is 0 Å². The number of H-pyrrole nitrogens is 1. The molecular weight excluding hydrogens is 268 g/mol. The van der Waals surface area contributed by atoms with E-state index in [-0.39, 0.29) is 22.6 Å². The lowest BCUT2D eigenvalue weighted by Gasteiger charge is -2.28. The van der Waals surface area contributed by atoms with Crippen LogP contribution in [0.1, 0.15) is 19.4 Å². The van der Waals surface area contributed by atoms with Gasteiger partial charge in [-0.25, -0.2) is 13.1 Å². The first-order valence-corrected chi connectivity index (χ1v) is 7.44. The van der Waals surface area contributed by atoms with E-state index in [4.69, 9.17) is 5.11 Å². The van der Waals surface area contributed by atoms with Crippen LogP contribution in [0.3, 0.4) is 0 Å². The Bertz CT molecular complexity index is 508. The van der Waals surface area contributed by atoms with Gasteiger partial charge in [-0.3, -0.25) is 5.10 Å². The number of hydrogen-bond acceptors (Lipinski definition) is 5. The van der Waals surface area contributed by atoms with Crippen LogP contribution in [0.5, 0.6) is 0 Å². The quantitative estimate of drug-likeness (QED) is 0.644. The molecule has 8 heteroatoms. The molecular formula is C11H22N4O3S. The molecule has 0 fully saturated rings. The second kappa shape index (κ2) is 6.00. The molecule has 1 rings (SSSR count). The minimum absolute atomic E-state index is 0.0735. The van der Waals surface area contributed by atoms with Gasteiger partial charge in [0.15, 0.2) is 5.03 Å². The molecule has 1 aromatic rings. The highest BCUT2D eigenvalue weighted by Crippen LogP contribution is 2.17. The third-order valence-electron chi connectivity index (χ3n) is 2.60. The zero-order chi connectivity index (χ0) is 14.7. The van der Waals surface area contributed by atoms with Gasteiger partial charge >= 0.3 is 0 Å². The maximum absolute atomic E-state index is 12.1. The van der Waals surface area contributed by atoms with Gasteiger partial charge in [-0.2, -0.15) is 5.10 Å². The molecule has 0 amide bonds. The first-order valence-electron chi connectivity index (χ1n) is 5.95. The van der Waals surface area contributed by atoms with E-state index in [0.717, 1.165) is 6.54 Å². The van der Waals surface area contributed by atoms with E-state index in [2.05, 4.69) is 14.9 Å². The van der Waals surface area contributed by atoms with Crippen LogP contribution >= 0.6 is 0 Å². The Morgan fingerprint density at radius 2 is 2.11 bits per heavy atom. The lowest BCUT2D eigenvalue weighted by molar-refractivity contribution is 0.242. The Morgan fingerprint density at radius 3 is 2.63 bits per heavy atom. The fourth-order valence-corrected chi connectivity index (χ4v) is 3.28. The first kappa shape index (κ1) is 16.1. The van der Waals surface area contributed by atoms with Crippen molar-refractivity contribution >= 4 is 10.0 Å². The van der Waals surface area contributed by atoms with Crippen LogP contribution in [0.15, 0.2) is 11.2 Å². The van der Waals surface area contributed by atoms with Gasteiger partial charge in [-0.1, -0.05) is 13.8 Å². The molecule has 0 aromatic carbocycles. The lowest BCUT2D eigenvalue weighted by Crippen LogP contribution is -2.40. The topological polar surface area (TPSA) is 98.3 Å². The van der Waals surface area contributed by atoms with Crippen LogP contribution in [0.2, 0.25) is 0 Å². The summed E-state index contributed by atoms with van der Waals surface area (Å²) in [4.78, 5) is 2.00. The van der Waals surface area contributed by atoms with Crippen molar-refractivity contribution in [2.75, 3.05) is 27.2 Å². The number of hydrogen-bond donors (Lipinski definition) is 3. The van der Waals surface area contributed by atoms with Crippen molar-refractivity contribution in [3.8, 4) is 0 Å². The summed E-state index contributed by atoms with van der Waals surface area (Å²) in [7, 11) is 0.204. The van der Waals surface area contributed by atoms with E-state index in [1.54, 1.807) is 0 Å². The third-order valence-corrected chi connectivity index (χ3v) is 4.02. The van der Waals surface area contributed by atoms with E-state index in [0.29, 0.717) is 6.54 Å². The number of aromatic amines is 1. The second-order valence-corrected chi connectivity index (χ2v) is 7.31. The van der Waals surface area contributed by atoms with Gasteiger partial charge in [-0.05, 0) is 19.5 Å². The molecule has 110 valence electrons. The summed E-state index contributed by atoms with van der Waals surface area (Å²) < 4.78 is 26.7. The molecule has 0 saturated carbocycles. The van der Waals surface area contributed by atoms with Crippen LogP contribution in [0.4, 0.5) is 0 Å². The van der Waals surface area contributed by atoms with E-state index in [1.165, 1.54) is 6.20 Å². The summed E-state index contributed by atoms with van der Waals surface area (Å²) in [6.07, 6.45) is 1.31. The van der Waals surface area contributed by atoms with E-state index < -0.39 is 10.0 Å². The molecule has 1 aromatic heterocycles. The number of aliphatic hydroxyl groups is 1. The lowest BCUT2D eigenvalue weighted by atomic mass is 9.93. The summed E-state index contributed by atoms with van der Waals surface area (Å²) >= 11 is 0. The van der Waals surface area contributed by atoms with Crippen molar-refractivity contribution in [2.24, 2.45) is 5.41 Å². The Morgan fingerprint density at radius 1 is 1.47 bits per heavy atom. The Balaban J connectivity index is 2.76. The monoisotopic (exact) mass is 290 g/mol. The summed E-state index contributed by atoms with van der Waals surface area (Å²) in [6, 6.07) is 0. The van der Waals surface area contributed by atoms with Crippen molar-refractivity contribution < 1.29 is 13.5 Å². The van der Waals surface area contributed by atoms with Gasteiger partial charge in [0.1, 0.15) is 0 Å². The molecule has 0 saturated heterocycles. The highest BCUT2D eigenvalue weighted by Gasteiger charge is 2.25. The number of rotatable bonds is 7. The molecule has 3 N–H and O–H groups in total. The van der Waals surface area contributed by atoms with Crippen LogP contribution in [-0.4, -0.2) is 55.8 Å². The minimum Gasteiger partial charge on any atom is -0.392 e. The van der Waals surface area contributed by atoms with Crippen molar-refractivity contribution in [1.82, 2.24) is 19.8 Å². The van der Waals surface area contributed by atoms with E-state index >= 15 is 0 Å². The molecule has 19 heavy (non-hydrogen) atoms. The molecule has 0 unspecified atom stereocenters. The predicted molar refractivity (Wildman–Crippen MR) is 72.0 cm³/mol. The summed E-state index contributed by atoms with van der Waals surface area (Å²) in [6.45, 7) is 4.65. The van der Waals surface area contributed by atoms with Gasteiger partial charge in [0.05, 0.1) is 12.8 Å². The maximum Gasteiger partial charge on any atom is 0.257 e. The average molecular weight is 290 g/mol. The standard InChI is InChI=1S/C11H22N4O3S/c1-11(2,8-15(3)4)7-13-19(17,18)10-9(6-16)5-12-14-10/h5,13,16H,6-8H2,1-4H3,(H,12,14). The number of nitrogens with one attached hydrogen (secondary N) is 2. The maximum atomic E-state index is 12.1. The first-order chi connectivity index (χ1) is 8.68. The fourth-order valence-electron chi connectivity index (χ4n) is 1.92. The Hall–Kier alpha value is -0.960. The summed E-state index contributed by atoms with van der Waals surface area (Å²) in [5, 5.41) is 15.0. The number of nitrogens with zero attached hydrogens (tertiary/aromatic N) is 2. The van der Waals surface area contributed by atoms with Gasteiger partial charge in [0.2, 0.25) is 0 Å². The molecule has 0 spiro atoms. The number of sulfonamides is 1. The molecule has 0 radical (unpaired) electrons. The second-order valence-electron chi connectivity index (χ2n) is 5.61. The van der Waals surface area contributed by atoms with Crippen LogP contribution < -0.4 is 4.72 Å². The van der Waals surface area contributed by atoms with Gasteiger partial charge in [0.25, 0.3) is 10.0 Å². The highest BCUT2D eigenvalue weighted by molar-refractivity contribution is 7.89. The molecule has 1 heterocycles. The van der Waals surface area contributed by atoms with Crippen molar-refractivity contribution in [3.63, 3.8) is 0 Å². The van der Waals surface area contributed by atoms with Gasteiger partial charge in [0, 0.05) is 18.7 Å². The minimum atomic E-state index is -3.68.